The van der Waals surface area contributed by atoms with E-state index in [4.69, 9.17) is 11.6 Å². The van der Waals surface area contributed by atoms with Gasteiger partial charge < -0.3 is 9.88 Å². The van der Waals surface area contributed by atoms with Crippen LogP contribution in [0.25, 0.3) is 11.0 Å². The summed E-state index contributed by atoms with van der Waals surface area (Å²) in [5, 5.41) is 1.19. The first kappa shape index (κ1) is 13.8. The number of para-hydroxylation sites is 2. The molecule has 0 atom stereocenters. The molecule has 0 unspecified atom stereocenters. The molecule has 0 saturated carbocycles. The highest BCUT2D eigenvalue weighted by Crippen LogP contribution is 2.31. The molecule has 4 rings (SSSR count). The van der Waals surface area contributed by atoms with Crippen LogP contribution in [-0.2, 0) is 0 Å². The van der Waals surface area contributed by atoms with Crippen molar-refractivity contribution in [2.24, 2.45) is 0 Å². The van der Waals surface area contributed by atoms with Gasteiger partial charge in [0.25, 0.3) is 0 Å². The third kappa shape index (κ3) is 2.42. The summed E-state index contributed by atoms with van der Waals surface area (Å²) in [5.41, 5.74) is 2.11. The van der Waals surface area contributed by atoms with Gasteiger partial charge >= 0.3 is 0 Å². The lowest BCUT2D eigenvalue weighted by atomic mass is 9.99. The zero-order chi connectivity index (χ0) is 15.1. The number of aromatic nitrogens is 4. The van der Waals surface area contributed by atoms with Gasteiger partial charge in [-0.05, 0) is 18.4 Å². The van der Waals surface area contributed by atoms with Gasteiger partial charge in [-0.15, -0.1) is 0 Å². The van der Waals surface area contributed by atoms with Crippen LogP contribution in [0.2, 0.25) is 5.15 Å². The molecule has 0 bridgehead atoms. The largest absolute Gasteiger partial charge is 0.355 e. The van der Waals surface area contributed by atoms with Crippen molar-refractivity contribution >= 4 is 40.2 Å². The van der Waals surface area contributed by atoms with Crippen LogP contribution < -0.4 is 4.90 Å². The Balaban J connectivity index is 1.53. The summed E-state index contributed by atoms with van der Waals surface area (Å²) in [7, 11) is 0. The quantitative estimate of drug-likeness (QED) is 0.453. The summed E-state index contributed by atoms with van der Waals surface area (Å²) in [4.78, 5) is 19.0. The minimum atomic E-state index is 0.402. The SMILES string of the molecule is CSc1nc(Cl)cc(N2CC(c3nc4ccccc4[nH]3)C2)n1. The lowest BCUT2D eigenvalue weighted by molar-refractivity contribution is 0.499. The van der Waals surface area contributed by atoms with Crippen molar-refractivity contribution in [3.05, 3.63) is 41.3 Å². The molecule has 3 aromatic rings. The molecule has 0 aliphatic carbocycles. The molecule has 1 saturated heterocycles. The molecule has 112 valence electrons. The van der Waals surface area contributed by atoms with E-state index in [2.05, 4.69) is 30.9 Å². The summed E-state index contributed by atoms with van der Waals surface area (Å²) >= 11 is 7.55. The van der Waals surface area contributed by atoms with Crippen LogP contribution in [0.4, 0.5) is 5.82 Å². The molecule has 0 spiro atoms. The fraction of sp³-hybridized carbons (Fsp3) is 0.267. The van der Waals surface area contributed by atoms with Gasteiger partial charge in [-0.25, -0.2) is 15.0 Å². The van der Waals surface area contributed by atoms with Crippen LogP contribution in [0.1, 0.15) is 11.7 Å². The highest BCUT2D eigenvalue weighted by molar-refractivity contribution is 7.98. The van der Waals surface area contributed by atoms with Gasteiger partial charge in [0.1, 0.15) is 16.8 Å². The molecule has 0 radical (unpaired) electrons. The van der Waals surface area contributed by atoms with Crippen molar-refractivity contribution in [2.45, 2.75) is 11.1 Å². The first-order chi connectivity index (χ1) is 10.7. The fourth-order valence-electron chi connectivity index (χ4n) is 2.64. The second-order valence-electron chi connectivity index (χ2n) is 5.28. The molecule has 2 aromatic heterocycles. The maximum absolute atomic E-state index is 6.05. The normalized spacial score (nSPS) is 15.3. The molecule has 7 heteroatoms. The van der Waals surface area contributed by atoms with E-state index in [-0.39, 0.29) is 0 Å². The average molecular weight is 332 g/mol. The number of fused-ring (bicyclic) bond motifs is 1. The average Bonchev–Trinajstić information content (AvgIpc) is 2.88. The van der Waals surface area contributed by atoms with E-state index in [0.29, 0.717) is 16.2 Å². The summed E-state index contributed by atoms with van der Waals surface area (Å²) in [6, 6.07) is 9.92. The third-order valence-corrected chi connectivity index (χ3v) is 4.58. The fourth-order valence-corrected chi connectivity index (χ4v) is 3.25. The molecule has 1 aliphatic rings. The summed E-state index contributed by atoms with van der Waals surface area (Å²) in [5.74, 6) is 2.33. The number of benzene rings is 1. The number of anilines is 1. The first-order valence-corrected chi connectivity index (χ1v) is 8.61. The minimum Gasteiger partial charge on any atom is -0.355 e. The summed E-state index contributed by atoms with van der Waals surface area (Å²) < 4.78 is 0. The first-order valence-electron chi connectivity index (χ1n) is 7.01. The zero-order valence-electron chi connectivity index (χ0n) is 12.0. The summed E-state index contributed by atoms with van der Waals surface area (Å²) in [6.07, 6.45) is 1.95. The van der Waals surface area contributed by atoms with Crippen molar-refractivity contribution in [1.82, 2.24) is 19.9 Å². The zero-order valence-corrected chi connectivity index (χ0v) is 13.5. The highest BCUT2D eigenvalue weighted by atomic mass is 35.5. The van der Waals surface area contributed by atoms with Crippen molar-refractivity contribution in [3.8, 4) is 0 Å². The Morgan fingerprint density at radius 1 is 1.23 bits per heavy atom. The van der Waals surface area contributed by atoms with Gasteiger partial charge in [0.05, 0.1) is 17.0 Å². The second kappa shape index (κ2) is 5.44. The molecule has 1 fully saturated rings. The second-order valence-corrected chi connectivity index (χ2v) is 6.44. The van der Waals surface area contributed by atoms with Gasteiger partial charge in [-0.1, -0.05) is 35.5 Å². The Labute approximate surface area is 137 Å². The lowest BCUT2D eigenvalue weighted by Crippen LogP contribution is -2.46. The van der Waals surface area contributed by atoms with Crippen molar-refractivity contribution in [3.63, 3.8) is 0 Å². The van der Waals surface area contributed by atoms with Gasteiger partial charge in [-0.3, -0.25) is 0 Å². The predicted octanol–water partition coefficient (Wildman–Crippen LogP) is 3.33. The van der Waals surface area contributed by atoms with Crippen molar-refractivity contribution in [1.29, 1.82) is 0 Å². The number of nitrogens with one attached hydrogen (secondary N) is 1. The molecule has 3 heterocycles. The smallest absolute Gasteiger partial charge is 0.190 e. The number of halogens is 1. The highest BCUT2D eigenvalue weighted by Gasteiger charge is 2.31. The number of imidazole rings is 1. The van der Waals surface area contributed by atoms with Crippen LogP contribution >= 0.6 is 23.4 Å². The Hall–Kier alpha value is -1.79. The molecule has 1 aromatic carbocycles. The Morgan fingerprint density at radius 2 is 2.05 bits per heavy atom. The van der Waals surface area contributed by atoms with Crippen LogP contribution in [0.15, 0.2) is 35.5 Å². The van der Waals surface area contributed by atoms with E-state index in [1.165, 1.54) is 11.8 Å². The molecule has 5 nitrogen and oxygen atoms in total. The number of H-pyrrole nitrogens is 1. The number of thioether (sulfide) groups is 1. The number of hydrogen-bond acceptors (Lipinski definition) is 5. The van der Waals surface area contributed by atoms with Gasteiger partial charge in [0.2, 0.25) is 0 Å². The molecule has 1 N–H and O–H groups in total. The van der Waals surface area contributed by atoms with Crippen LogP contribution in [0.5, 0.6) is 0 Å². The van der Waals surface area contributed by atoms with Gasteiger partial charge in [-0.2, -0.15) is 0 Å². The molecular formula is C15H14ClN5S. The molecular weight excluding hydrogens is 318 g/mol. The monoisotopic (exact) mass is 331 g/mol. The summed E-state index contributed by atoms with van der Waals surface area (Å²) in [6.45, 7) is 1.78. The Morgan fingerprint density at radius 3 is 2.82 bits per heavy atom. The van der Waals surface area contributed by atoms with E-state index < -0.39 is 0 Å². The molecule has 22 heavy (non-hydrogen) atoms. The van der Waals surface area contributed by atoms with E-state index in [9.17, 15) is 0 Å². The topological polar surface area (TPSA) is 57.7 Å². The van der Waals surface area contributed by atoms with Gasteiger partial charge in [0.15, 0.2) is 5.16 Å². The Kier molecular flexibility index (Phi) is 3.43. The lowest BCUT2D eigenvalue weighted by Gasteiger charge is -2.39. The number of nitrogens with zero attached hydrogens (tertiary/aromatic N) is 4. The maximum atomic E-state index is 6.05. The molecule has 1 aliphatic heterocycles. The van der Waals surface area contributed by atoms with E-state index in [0.717, 1.165) is 35.8 Å². The standard InChI is InChI=1S/C15H14ClN5S/c1-22-15-19-12(16)6-13(20-15)21-7-9(8-21)14-17-10-4-2-3-5-11(10)18-14/h2-6,9H,7-8H2,1H3,(H,17,18). The molecule has 0 amide bonds. The van der Waals surface area contributed by atoms with Crippen molar-refractivity contribution in [2.75, 3.05) is 24.2 Å². The number of aromatic amines is 1. The van der Waals surface area contributed by atoms with Crippen LogP contribution in [-0.4, -0.2) is 39.3 Å². The number of rotatable bonds is 3. The van der Waals surface area contributed by atoms with E-state index >= 15 is 0 Å². The third-order valence-electron chi connectivity index (χ3n) is 3.84. The van der Waals surface area contributed by atoms with E-state index in [1.807, 2.05) is 30.5 Å². The number of hydrogen-bond donors (Lipinski definition) is 1. The predicted molar refractivity (Wildman–Crippen MR) is 89.9 cm³/mol. The maximum Gasteiger partial charge on any atom is 0.190 e. The van der Waals surface area contributed by atoms with E-state index in [1.54, 1.807) is 0 Å². The van der Waals surface area contributed by atoms with Crippen molar-refractivity contribution < 1.29 is 0 Å². The minimum absolute atomic E-state index is 0.402. The van der Waals surface area contributed by atoms with Crippen LogP contribution in [0, 0.1) is 0 Å². The van der Waals surface area contributed by atoms with Crippen LogP contribution in [0.3, 0.4) is 0 Å². The Bertz CT molecular complexity index is 795. The van der Waals surface area contributed by atoms with Gasteiger partial charge in [0, 0.05) is 19.2 Å².